The van der Waals surface area contributed by atoms with Crippen LogP contribution < -0.4 is 11.1 Å². The number of hydrogen-bond acceptors (Lipinski definition) is 6. The number of hydrogen-bond donors (Lipinski definition) is 0. The molecule has 142 valence electrons. The Morgan fingerprint density at radius 3 is 1.57 bits per heavy atom. The average Bonchev–Trinajstić information content (AvgIpc) is 2.74. The van der Waals surface area contributed by atoms with Crippen LogP contribution in [0.15, 0.2) is 70.5 Å². The number of nitrogens with zero attached hydrogens (tertiary/aromatic N) is 4. The third kappa shape index (κ3) is 3.98. The molecule has 0 saturated carbocycles. The third-order valence-electron chi connectivity index (χ3n) is 4.30. The molecule has 0 fully saturated rings. The van der Waals surface area contributed by atoms with Crippen molar-refractivity contribution >= 4 is 45.4 Å². The average molecular weight is 411 g/mol. The Bertz CT molecular complexity index is 1140. The molecule has 0 saturated heterocycles. The van der Waals surface area contributed by atoms with Crippen LogP contribution in [0.3, 0.4) is 0 Å². The van der Waals surface area contributed by atoms with Gasteiger partial charge in [0, 0.05) is 22.3 Å². The second-order valence-electron chi connectivity index (χ2n) is 6.19. The van der Waals surface area contributed by atoms with Crippen LogP contribution in [0.4, 0.5) is 0 Å². The Balaban J connectivity index is 1.29. The molecule has 0 N–H and O–H groups in total. The largest absolute Gasteiger partial charge is 0.285 e. The van der Waals surface area contributed by atoms with Crippen LogP contribution in [0.1, 0.15) is 12.8 Å². The number of unbranched alkanes of at least 4 members (excludes halogenated alkanes) is 1. The topological polar surface area (TPSA) is 69.8 Å². The quantitative estimate of drug-likeness (QED) is 0.434. The van der Waals surface area contributed by atoms with Gasteiger partial charge in [0.25, 0.3) is 11.1 Å². The first kappa shape index (κ1) is 18.8. The maximum Gasteiger partial charge on any atom is 0.285 e. The molecule has 0 aliphatic rings. The highest BCUT2D eigenvalue weighted by molar-refractivity contribution is 7.98. The molecule has 0 spiro atoms. The molecule has 8 heteroatoms. The summed E-state index contributed by atoms with van der Waals surface area (Å²) >= 11 is 2.83. The van der Waals surface area contributed by atoms with Crippen molar-refractivity contribution < 1.29 is 0 Å². The second-order valence-corrected chi connectivity index (χ2v) is 8.22. The number of rotatable bonds is 7. The lowest BCUT2D eigenvalue weighted by molar-refractivity contribution is 0.873. The lowest BCUT2D eigenvalue weighted by atomic mass is 10.2. The molecule has 0 aliphatic carbocycles. The van der Waals surface area contributed by atoms with E-state index in [4.69, 9.17) is 0 Å². The van der Waals surface area contributed by atoms with Gasteiger partial charge in [-0.1, -0.05) is 36.4 Å². The van der Waals surface area contributed by atoms with E-state index in [2.05, 4.69) is 10.2 Å². The molecule has 0 unspecified atom stereocenters. The van der Waals surface area contributed by atoms with Gasteiger partial charge >= 0.3 is 0 Å². The zero-order valence-corrected chi connectivity index (χ0v) is 16.7. The predicted molar refractivity (Wildman–Crippen MR) is 117 cm³/mol. The maximum atomic E-state index is 12.4. The van der Waals surface area contributed by atoms with Crippen molar-refractivity contribution in [2.24, 2.45) is 0 Å². The van der Waals surface area contributed by atoms with Crippen molar-refractivity contribution in [2.45, 2.75) is 12.8 Å². The maximum absolute atomic E-state index is 12.4. The molecule has 28 heavy (non-hydrogen) atoms. The molecule has 0 bridgehead atoms. The zero-order valence-electron chi connectivity index (χ0n) is 15.0. The van der Waals surface area contributed by atoms with Crippen molar-refractivity contribution in [1.29, 1.82) is 0 Å². The first-order valence-corrected chi connectivity index (χ1v) is 10.8. The first-order valence-electron chi connectivity index (χ1n) is 8.95. The van der Waals surface area contributed by atoms with Gasteiger partial charge < -0.3 is 0 Å². The number of fused-ring (bicyclic) bond motifs is 2. The number of aromatic nitrogens is 4. The van der Waals surface area contributed by atoms with Crippen molar-refractivity contribution in [1.82, 2.24) is 18.4 Å². The Kier molecular flexibility index (Phi) is 5.78. The summed E-state index contributed by atoms with van der Waals surface area (Å²) in [5.74, 6) is 1.57. The molecule has 4 rings (SSSR count). The molecule has 0 aliphatic heterocycles. The van der Waals surface area contributed by atoms with Gasteiger partial charge in [-0.2, -0.15) is 18.4 Å². The first-order chi connectivity index (χ1) is 13.7. The van der Waals surface area contributed by atoms with E-state index in [1.54, 1.807) is 12.4 Å². The van der Waals surface area contributed by atoms with E-state index in [1.165, 1.54) is 32.1 Å². The summed E-state index contributed by atoms with van der Waals surface area (Å²) in [7, 11) is 0. The van der Waals surface area contributed by atoms with Gasteiger partial charge in [-0.3, -0.25) is 9.59 Å². The molecular weight excluding hydrogens is 392 g/mol. The minimum absolute atomic E-state index is 0.0793. The minimum Gasteiger partial charge on any atom is -0.266 e. The van der Waals surface area contributed by atoms with Crippen LogP contribution in [-0.2, 0) is 0 Å². The second kappa shape index (κ2) is 8.62. The van der Waals surface area contributed by atoms with Crippen LogP contribution in [0, 0.1) is 0 Å². The lowest BCUT2D eigenvalue weighted by Gasteiger charge is -2.06. The SMILES string of the molecule is O=c1c2ccccc2cnn1SCCCCSn1ncc2ccccc2c1=O. The van der Waals surface area contributed by atoms with E-state index in [0.717, 1.165) is 35.1 Å². The minimum atomic E-state index is -0.0793. The molecule has 0 radical (unpaired) electrons. The van der Waals surface area contributed by atoms with Gasteiger partial charge in [-0.05, 0) is 48.9 Å². The van der Waals surface area contributed by atoms with Crippen molar-refractivity contribution in [2.75, 3.05) is 11.5 Å². The smallest absolute Gasteiger partial charge is 0.266 e. The summed E-state index contributed by atoms with van der Waals surface area (Å²) in [4.78, 5) is 24.8. The summed E-state index contributed by atoms with van der Waals surface area (Å²) in [6.07, 6.45) is 5.27. The fraction of sp³-hybridized carbons (Fsp3) is 0.200. The third-order valence-corrected chi connectivity index (χ3v) is 6.25. The van der Waals surface area contributed by atoms with Crippen molar-refractivity contribution in [3.63, 3.8) is 0 Å². The fourth-order valence-electron chi connectivity index (χ4n) is 2.84. The van der Waals surface area contributed by atoms with E-state index in [1.807, 2.05) is 48.5 Å². The van der Waals surface area contributed by atoms with Crippen molar-refractivity contribution in [3.8, 4) is 0 Å². The lowest BCUT2D eigenvalue weighted by Crippen LogP contribution is -2.18. The molecule has 4 aromatic rings. The van der Waals surface area contributed by atoms with Gasteiger partial charge in [0.2, 0.25) is 0 Å². The summed E-state index contributed by atoms with van der Waals surface area (Å²) in [6.45, 7) is 0. The Morgan fingerprint density at radius 2 is 1.11 bits per heavy atom. The standard InChI is InChI=1S/C20H18N4O2S2/c25-19-17-9-3-1-7-15(17)13-21-23(19)27-11-5-6-12-28-24-20(26)18-10-4-2-8-16(18)14-22-24/h1-4,7-10,13-14H,5-6,11-12H2. The monoisotopic (exact) mass is 410 g/mol. The van der Waals surface area contributed by atoms with Crippen LogP contribution in [0.25, 0.3) is 21.5 Å². The van der Waals surface area contributed by atoms with E-state index >= 15 is 0 Å². The Morgan fingerprint density at radius 1 is 0.679 bits per heavy atom. The highest BCUT2D eigenvalue weighted by Crippen LogP contribution is 2.13. The van der Waals surface area contributed by atoms with E-state index < -0.39 is 0 Å². The molecule has 0 atom stereocenters. The summed E-state index contributed by atoms with van der Waals surface area (Å²) < 4.78 is 2.90. The Labute approximate surface area is 169 Å². The Hall–Kier alpha value is -2.58. The van der Waals surface area contributed by atoms with Crippen LogP contribution in [0.2, 0.25) is 0 Å². The van der Waals surface area contributed by atoms with Gasteiger partial charge in [0.1, 0.15) is 0 Å². The zero-order chi connectivity index (χ0) is 19.3. The molecule has 2 aromatic carbocycles. The van der Waals surface area contributed by atoms with Gasteiger partial charge in [0.05, 0.1) is 23.2 Å². The van der Waals surface area contributed by atoms with Crippen molar-refractivity contribution in [3.05, 3.63) is 81.6 Å². The van der Waals surface area contributed by atoms with Crippen LogP contribution in [-0.4, -0.2) is 29.9 Å². The van der Waals surface area contributed by atoms with Crippen LogP contribution in [0.5, 0.6) is 0 Å². The van der Waals surface area contributed by atoms with Gasteiger partial charge in [-0.15, -0.1) is 0 Å². The van der Waals surface area contributed by atoms with E-state index in [9.17, 15) is 9.59 Å². The predicted octanol–water partition coefficient (Wildman–Crippen LogP) is 3.58. The molecule has 0 amide bonds. The van der Waals surface area contributed by atoms with Crippen LogP contribution >= 0.6 is 23.9 Å². The summed E-state index contributed by atoms with van der Waals surface area (Å²) in [5, 5.41) is 11.5. The summed E-state index contributed by atoms with van der Waals surface area (Å²) in [6, 6.07) is 14.9. The van der Waals surface area contributed by atoms with E-state index in [-0.39, 0.29) is 11.1 Å². The fourth-order valence-corrected chi connectivity index (χ4v) is 4.51. The van der Waals surface area contributed by atoms with Gasteiger partial charge in [-0.25, -0.2) is 0 Å². The molecule has 6 nitrogen and oxygen atoms in total. The molecule has 2 heterocycles. The van der Waals surface area contributed by atoms with E-state index in [0.29, 0.717) is 10.8 Å². The molecule has 2 aromatic heterocycles. The molecular formula is C20H18N4O2S2. The number of benzene rings is 2. The highest BCUT2D eigenvalue weighted by Gasteiger charge is 2.05. The van der Waals surface area contributed by atoms with Gasteiger partial charge in [0.15, 0.2) is 0 Å². The normalized spacial score (nSPS) is 11.3. The summed E-state index contributed by atoms with van der Waals surface area (Å²) in [5.41, 5.74) is -0.159. The highest BCUT2D eigenvalue weighted by atomic mass is 32.2.